The number of hydrogen-bond acceptors (Lipinski definition) is 5. The molecule has 3 rings (SSSR count). The normalized spacial score (nSPS) is 10.7. The van der Waals surface area contributed by atoms with E-state index >= 15 is 0 Å². The van der Waals surface area contributed by atoms with E-state index in [9.17, 15) is 0 Å². The van der Waals surface area contributed by atoms with Gasteiger partial charge in [-0.3, -0.25) is 0 Å². The smallest absolute Gasteiger partial charge is 0.247 e. The zero-order chi connectivity index (χ0) is 13.9. The molecule has 0 unspecified atom stereocenters. The lowest BCUT2D eigenvalue weighted by Crippen LogP contribution is -2.00. The lowest BCUT2D eigenvalue weighted by Gasteiger charge is -2.09. The molecule has 0 aliphatic heterocycles. The van der Waals surface area contributed by atoms with Gasteiger partial charge in [0.25, 0.3) is 0 Å². The van der Waals surface area contributed by atoms with Gasteiger partial charge in [0.15, 0.2) is 4.67 Å². The molecule has 3 aromatic rings. The number of benzene rings is 1. The first-order chi connectivity index (χ1) is 9.72. The summed E-state index contributed by atoms with van der Waals surface area (Å²) in [6.45, 7) is 2.65. The minimum absolute atomic E-state index is 0.508. The summed E-state index contributed by atoms with van der Waals surface area (Å²) in [6.07, 6.45) is 1.32. The molecule has 102 valence electrons. The standard InChI is InChI=1S/C14H12BrN3O2/c1-9-2-3-10(14-18-17-8-19-14)6-12(9)16-7-11-4-5-13(15)20-11/h2-6,8,16H,7H2,1H3. The highest BCUT2D eigenvalue weighted by molar-refractivity contribution is 9.10. The Morgan fingerprint density at radius 3 is 2.85 bits per heavy atom. The molecule has 20 heavy (non-hydrogen) atoms. The van der Waals surface area contributed by atoms with Crippen molar-refractivity contribution in [2.24, 2.45) is 0 Å². The molecule has 1 N–H and O–H groups in total. The van der Waals surface area contributed by atoms with Crippen molar-refractivity contribution in [3.8, 4) is 11.5 Å². The third kappa shape index (κ3) is 2.75. The molecule has 0 saturated heterocycles. The summed E-state index contributed by atoms with van der Waals surface area (Å²) in [4.78, 5) is 0. The summed E-state index contributed by atoms with van der Waals surface area (Å²) in [7, 11) is 0. The van der Waals surface area contributed by atoms with Crippen LogP contribution in [-0.4, -0.2) is 10.2 Å². The zero-order valence-corrected chi connectivity index (χ0v) is 12.3. The van der Waals surface area contributed by atoms with Gasteiger partial charge in [0.2, 0.25) is 12.3 Å². The average molecular weight is 334 g/mol. The van der Waals surface area contributed by atoms with Crippen LogP contribution in [0.5, 0.6) is 0 Å². The highest BCUT2D eigenvalue weighted by Gasteiger charge is 2.07. The Morgan fingerprint density at radius 1 is 1.25 bits per heavy atom. The van der Waals surface area contributed by atoms with Crippen molar-refractivity contribution >= 4 is 21.6 Å². The molecule has 0 atom stereocenters. The van der Waals surface area contributed by atoms with Gasteiger partial charge in [-0.15, -0.1) is 10.2 Å². The number of anilines is 1. The molecule has 0 fully saturated rings. The van der Waals surface area contributed by atoms with Crippen molar-refractivity contribution in [3.63, 3.8) is 0 Å². The molecule has 1 aromatic carbocycles. The van der Waals surface area contributed by atoms with Crippen LogP contribution < -0.4 is 5.32 Å². The molecule has 2 heterocycles. The second-order valence-corrected chi connectivity index (χ2v) is 5.11. The van der Waals surface area contributed by atoms with E-state index in [1.54, 1.807) is 0 Å². The summed E-state index contributed by atoms with van der Waals surface area (Å²) >= 11 is 3.29. The Morgan fingerprint density at radius 2 is 2.15 bits per heavy atom. The number of nitrogens with zero attached hydrogens (tertiary/aromatic N) is 2. The van der Waals surface area contributed by atoms with Crippen LogP contribution in [0.25, 0.3) is 11.5 Å². The molecule has 6 heteroatoms. The maximum absolute atomic E-state index is 5.46. The van der Waals surface area contributed by atoms with Gasteiger partial charge < -0.3 is 14.2 Å². The number of aromatic nitrogens is 2. The third-order valence-electron chi connectivity index (χ3n) is 2.93. The number of aryl methyl sites for hydroxylation is 1. The predicted molar refractivity (Wildman–Crippen MR) is 78.2 cm³/mol. The largest absolute Gasteiger partial charge is 0.452 e. The number of hydrogen-bond donors (Lipinski definition) is 1. The van der Waals surface area contributed by atoms with Gasteiger partial charge >= 0.3 is 0 Å². The van der Waals surface area contributed by atoms with Gasteiger partial charge in [0.1, 0.15) is 5.76 Å². The molecule has 0 aliphatic rings. The van der Waals surface area contributed by atoms with Crippen molar-refractivity contribution in [1.29, 1.82) is 0 Å². The molecule has 0 bridgehead atoms. The maximum Gasteiger partial charge on any atom is 0.247 e. The number of halogens is 1. The van der Waals surface area contributed by atoms with Crippen LogP contribution in [0.1, 0.15) is 11.3 Å². The Kier molecular flexibility index (Phi) is 3.56. The minimum atomic E-state index is 0.508. The lowest BCUT2D eigenvalue weighted by molar-refractivity contribution is 0.495. The number of rotatable bonds is 4. The van der Waals surface area contributed by atoms with Crippen LogP contribution in [0.2, 0.25) is 0 Å². The highest BCUT2D eigenvalue weighted by atomic mass is 79.9. The van der Waals surface area contributed by atoms with Gasteiger partial charge in [-0.05, 0) is 52.7 Å². The number of nitrogens with one attached hydrogen (secondary N) is 1. The molecule has 0 radical (unpaired) electrons. The van der Waals surface area contributed by atoms with E-state index < -0.39 is 0 Å². The topological polar surface area (TPSA) is 64.1 Å². The molecule has 0 amide bonds. The average Bonchev–Trinajstić information content (AvgIpc) is 3.09. The van der Waals surface area contributed by atoms with Gasteiger partial charge in [-0.1, -0.05) is 6.07 Å². The second-order valence-electron chi connectivity index (χ2n) is 4.33. The first-order valence-corrected chi connectivity index (χ1v) is 6.87. The molecule has 2 aromatic heterocycles. The van der Waals surface area contributed by atoms with Crippen LogP contribution in [0.15, 0.2) is 50.2 Å². The Hall–Kier alpha value is -2.08. The fraction of sp³-hybridized carbons (Fsp3) is 0.143. The Labute approximate surface area is 124 Å². The summed E-state index contributed by atoms with van der Waals surface area (Å²) < 4.78 is 11.4. The fourth-order valence-corrected chi connectivity index (χ4v) is 2.21. The molecular formula is C14H12BrN3O2. The highest BCUT2D eigenvalue weighted by Crippen LogP contribution is 2.24. The van der Waals surface area contributed by atoms with Crippen molar-refractivity contribution in [2.45, 2.75) is 13.5 Å². The lowest BCUT2D eigenvalue weighted by atomic mass is 10.1. The molecule has 0 saturated carbocycles. The van der Waals surface area contributed by atoms with Crippen LogP contribution >= 0.6 is 15.9 Å². The van der Waals surface area contributed by atoms with Gasteiger partial charge in [-0.25, -0.2) is 0 Å². The Bertz CT molecular complexity index is 707. The number of furan rings is 1. The fourth-order valence-electron chi connectivity index (χ4n) is 1.87. The zero-order valence-electron chi connectivity index (χ0n) is 10.8. The van der Waals surface area contributed by atoms with Crippen LogP contribution in [-0.2, 0) is 6.54 Å². The van der Waals surface area contributed by atoms with E-state index in [4.69, 9.17) is 8.83 Å². The van der Waals surface area contributed by atoms with E-state index in [1.807, 2.05) is 37.3 Å². The van der Waals surface area contributed by atoms with Crippen molar-refractivity contribution in [1.82, 2.24) is 10.2 Å². The first kappa shape index (κ1) is 12.9. The molecule has 0 aliphatic carbocycles. The maximum atomic E-state index is 5.46. The second kappa shape index (κ2) is 5.50. The monoisotopic (exact) mass is 333 g/mol. The third-order valence-corrected chi connectivity index (χ3v) is 3.35. The van der Waals surface area contributed by atoms with Crippen LogP contribution in [0.3, 0.4) is 0 Å². The van der Waals surface area contributed by atoms with Crippen molar-refractivity contribution < 1.29 is 8.83 Å². The SMILES string of the molecule is Cc1ccc(-c2nnco2)cc1NCc1ccc(Br)o1. The van der Waals surface area contributed by atoms with E-state index in [1.165, 1.54) is 6.39 Å². The van der Waals surface area contributed by atoms with Gasteiger partial charge in [0.05, 0.1) is 6.54 Å². The summed E-state index contributed by atoms with van der Waals surface area (Å²) in [5.74, 6) is 1.37. The predicted octanol–water partition coefficient (Wildman–Crippen LogP) is 4.01. The molecule has 5 nitrogen and oxygen atoms in total. The van der Waals surface area contributed by atoms with Gasteiger partial charge in [-0.2, -0.15) is 0 Å². The van der Waals surface area contributed by atoms with E-state index in [2.05, 4.69) is 31.4 Å². The summed E-state index contributed by atoms with van der Waals surface area (Å²) in [5.41, 5.74) is 3.03. The van der Waals surface area contributed by atoms with Gasteiger partial charge in [0, 0.05) is 11.3 Å². The molecular weight excluding hydrogens is 322 g/mol. The van der Waals surface area contributed by atoms with Crippen molar-refractivity contribution in [3.05, 3.63) is 52.7 Å². The van der Waals surface area contributed by atoms with Crippen LogP contribution in [0.4, 0.5) is 5.69 Å². The minimum Gasteiger partial charge on any atom is -0.452 e. The van der Waals surface area contributed by atoms with Crippen LogP contribution in [0, 0.1) is 6.92 Å². The Balaban J connectivity index is 1.80. The molecule has 0 spiro atoms. The van der Waals surface area contributed by atoms with E-state index in [-0.39, 0.29) is 0 Å². The van der Waals surface area contributed by atoms with E-state index in [0.29, 0.717) is 12.4 Å². The van der Waals surface area contributed by atoms with E-state index in [0.717, 1.165) is 27.2 Å². The van der Waals surface area contributed by atoms with Crippen molar-refractivity contribution in [2.75, 3.05) is 5.32 Å². The summed E-state index contributed by atoms with van der Waals surface area (Å²) in [6, 6.07) is 9.76. The summed E-state index contributed by atoms with van der Waals surface area (Å²) in [5, 5.41) is 10.9. The first-order valence-electron chi connectivity index (χ1n) is 6.07. The quantitative estimate of drug-likeness (QED) is 0.781.